The van der Waals surface area contributed by atoms with Crippen LogP contribution >= 0.6 is 19.4 Å². The zero-order chi connectivity index (χ0) is 9.07. The van der Waals surface area contributed by atoms with Gasteiger partial charge in [0.2, 0.25) is 0 Å². The van der Waals surface area contributed by atoms with Gasteiger partial charge >= 0.3 is 7.82 Å². The van der Waals surface area contributed by atoms with Gasteiger partial charge in [0, 0.05) is 0 Å². The fourth-order valence-electron chi connectivity index (χ4n) is 0.284. The smallest absolute Gasteiger partial charge is 0.394 e. The van der Waals surface area contributed by atoms with Crippen molar-refractivity contribution in [3.05, 3.63) is 0 Å². The van der Waals surface area contributed by atoms with Crippen molar-refractivity contribution in [2.75, 3.05) is 6.61 Å². The number of phosphoric ester groups is 1. The Hall–Kier alpha value is 0.320. The first-order valence-electron chi connectivity index (χ1n) is 2.54. The molecule has 0 saturated carbocycles. The van der Waals surface area contributed by atoms with E-state index in [0.29, 0.717) is 0 Å². The molecule has 0 heterocycles. The maximum absolute atomic E-state index is 10.1. The number of hydrogen-bond donors (Lipinski definition) is 4. The van der Waals surface area contributed by atoms with Gasteiger partial charge in [0.1, 0.15) is 6.10 Å². The van der Waals surface area contributed by atoms with Crippen molar-refractivity contribution in [3.63, 3.8) is 0 Å². The van der Waals surface area contributed by atoms with Crippen LogP contribution in [0.15, 0.2) is 0 Å². The van der Waals surface area contributed by atoms with Crippen molar-refractivity contribution in [3.8, 4) is 0 Å². The van der Waals surface area contributed by atoms with Crippen LogP contribution in [0, 0.1) is 0 Å². The van der Waals surface area contributed by atoms with Gasteiger partial charge in [0.15, 0.2) is 5.56 Å². The summed E-state index contributed by atoms with van der Waals surface area (Å²) >= 11 is 5.09. The number of rotatable bonds is 4. The topological polar surface area (TPSA) is 107 Å². The molecule has 2 atom stereocenters. The largest absolute Gasteiger partial charge is 0.471 e. The van der Waals surface area contributed by atoms with Crippen molar-refractivity contribution >= 4 is 19.4 Å². The molecule has 0 aliphatic heterocycles. The van der Waals surface area contributed by atoms with E-state index in [9.17, 15) is 4.57 Å². The van der Waals surface area contributed by atoms with E-state index in [-0.39, 0.29) is 0 Å². The maximum atomic E-state index is 10.1. The predicted octanol–water partition coefficient (Wildman–Crippen LogP) is -0.986. The Labute approximate surface area is 67.6 Å². The second-order valence-electron chi connectivity index (χ2n) is 1.70. The van der Waals surface area contributed by atoms with Crippen LogP contribution in [0.2, 0.25) is 0 Å². The van der Waals surface area contributed by atoms with Crippen LogP contribution in [-0.4, -0.2) is 38.3 Å². The van der Waals surface area contributed by atoms with Crippen LogP contribution in [0.1, 0.15) is 0 Å². The molecule has 0 aromatic heterocycles. The molecule has 0 rings (SSSR count). The fraction of sp³-hybridized carbons (Fsp3) is 1.00. The molecule has 11 heavy (non-hydrogen) atoms. The van der Waals surface area contributed by atoms with E-state index in [4.69, 9.17) is 31.6 Å². The molecular weight excluding hydrogens is 198 g/mol. The first-order valence-corrected chi connectivity index (χ1v) is 4.50. The molecule has 2 unspecified atom stereocenters. The summed E-state index contributed by atoms with van der Waals surface area (Å²) < 4.78 is 13.9. The van der Waals surface area contributed by atoms with Crippen molar-refractivity contribution in [2.24, 2.45) is 0 Å². The third kappa shape index (κ3) is 5.57. The third-order valence-corrected chi connectivity index (χ3v) is 1.73. The molecule has 0 amide bonds. The fourth-order valence-corrected chi connectivity index (χ4v) is 1.08. The number of phosphoric acid groups is 1. The van der Waals surface area contributed by atoms with Crippen LogP contribution in [-0.2, 0) is 9.09 Å². The number of aliphatic hydroxyl groups excluding tert-OH is 2. The number of alkyl halides is 1. The minimum atomic E-state index is -4.69. The minimum absolute atomic E-state index is 0.728. The highest BCUT2D eigenvalue weighted by atomic mass is 35.5. The summed E-state index contributed by atoms with van der Waals surface area (Å²) in [5, 5.41) is 16.9. The van der Waals surface area contributed by atoms with Crippen LogP contribution in [0.4, 0.5) is 0 Å². The first kappa shape index (κ1) is 11.3. The lowest BCUT2D eigenvalue weighted by Gasteiger charge is -2.15. The number of hydrogen-bond acceptors (Lipinski definition) is 4. The molecule has 0 bridgehead atoms. The SMILES string of the molecule is O=P(O)(O)OC(Cl)C(O)CO. The highest BCUT2D eigenvalue weighted by molar-refractivity contribution is 7.46. The van der Waals surface area contributed by atoms with Gasteiger partial charge < -0.3 is 20.0 Å². The normalized spacial score (nSPS) is 17.9. The second-order valence-corrected chi connectivity index (χ2v) is 3.32. The molecule has 0 aromatic carbocycles. The van der Waals surface area contributed by atoms with E-state index in [1.807, 2.05) is 0 Å². The molecule has 0 saturated heterocycles. The summed E-state index contributed by atoms with van der Waals surface area (Å²) in [5.74, 6) is 0. The van der Waals surface area contributed by atoms with E-state index in [1.54, 1.807) is 0 Å². The molecule has 0 aromatic rings. The standard InChI is InChI=1S/C3H8ClO6P/c4-3(2(6)1-5)10-11(7,8)9/h2-3,5-6H,1H2,(H2,7,8,9). The summed E-state index contributed by atoms with van der Waals surface area (Å²) in [6, 6.07) is 0. The first-order chi connectivity index (χ1) is 4.87. The Balaban J connectivity index is 3.87. The molecule has 0 aliphatic rings. The van der Waals surface area contributed by atoms with E-state index >= 15 is 0 Å². The van der Waals surface area contributed by atoms with Gasteiger partial charge in [-0.3, -0.25) is 4.52 Å². The van der Waals surface area contributed by atoms with Crippen LogP contribution < -0.4 is 0 Å². The summed E-state index contributed by atoms with van der Waals surface area (Å²) in [4.78, 5) is 16.3. The predicted molar refractivity (Wildman–Crippen MR) is 35.9 cm³/mol. The molecule has 0 spiro atoms. The number of aliphatic hydroxyl groups is 2. The van der Waals surface area contributed by atoms with Gasteiger partial charge in [-0.15, -0.1) is 0 Å². The Morgan fingerprint density at radius 2 is 2.00 bits per heavy atom. The molecule has 4 N–H and O–H groups in total. The Morgan fingerprint density at radius 3 is 2.27 bits per heavy atom. The summed E-state index contributed by atoms with van der Waals surface area (Å²) in [6.45, 7) is -0.728. The second kappa shape index (κ2) is 4.37. The van der Waals surface area contributed by atoms with Gasteiger partial charge in [-0.05, 0) is 0 Å². The Morgan fingerprint density at radius 1 is 1.55 bits per heavy atom. The summed E-state index contributed by atoms with van der Waals surface area (Å²) in [7, 11) is -4.69. The number of halogens is 1. The van der Waals surface area contributed by atoms with E-state index in [2.05, 4.69) is 4.52 Å². The lowest BCUT2D eigenvalue weighted by atomic mass is 10.4. The lowest BCUT2D eigenvalue weighted by molar-refractivity contribution is 0.0229. The van der Waals surface area contributed by atoms with Crippen molar-refractivity contribution in [2.45, 2.75) is 11.7 Å². The molecule has 8 heteroatoms. The van der Waals surface area contributed by atoms with Crippen molar-refractivity contribution in [1.29, 1.82) is 0 Å². The zero-order valence-electron chi connectivity index (χ0n) is 5.29. The van der Waals surface area contributed by atoms with Crippen LogP contribution in [0.3, 0.4) is 0 Å². The Kier molecular flexibility index (Phi) is 4.50. The quantitative estimate of drug-likeness (QED) is 0.348. The lowest BCUT2D eigenvalue weighted by Crippen LogP contribution is -2.26. The maximum Gasteiger partial charge on any atom is 0.471 e. The van der Waals surface area contributed by atoms with E-state index in [0.717, 1.165) is 0 Å². The van der Waals surface area contributed by atoms with Gasteiger partial charge in [-0.2, -0.15) is 0 Å². The van der Waals surface area contributed by atoms with Gasteiger partial charge in [0.25, 0.3) is 0 Å². The van der Waals surface area contributed by atoms with E-state index < -0.39 is 26.1 Å². The van der Waals surface area contributed by atoms with Crippen LogP contribution in [0.5, 0.6) is 0 Å². The summed E-state index contributed by atoms with van der Waals surface area (Å²) in [5.41, 5.74) is -1.61. The van der Waals surface area contributed by atoms with Crippen molar-refractivity contribution in [1.82, 2.24) is 0 Å². The molecular formula is C3H8ClO6P. The molecule has 0 aliphatic carbocycles. The highest BCUT2D eigenvalue weighted by Crippen LogP contribution is 2.39. The molecule has 0 radical (unpaired) electrons. The molecule has 0 fully saturated rings. The Bertz CT molecular complexity index is 156. The van der Waals surface area contributed by atoms with Crippen LogP contribution in [0.25, 0.3) is 0 Å². The summed E-state index contributed by atoms with van der Waals surface area (Å²) in [6.07, 6.45) is -1.51. The minimum Gasteiger partial charge on any atom is -0.394 e. The van der Waals surface area contributed by atoms with Gasteiger partial charge in [-0.1, -0.05) is 11.6 Å². The monoisotopic (exact) mass is 206 g/mol. The van der Waals surface area contributed by atoms with E-state index in [1.165, 1.54) is 0 Å². The average molecular weight is 207 g/mol. The molecule has 68 valence electrons. The van der Waals surface area contributed by atoms with Gasteiger partial charge in [0.05, 0.1) is 6.61 Å². The third-order valence-electron chi connectivity index (χ3n) is 0.728. The zero-order valence-corrected chi connectivity index (χ0v) is 6.94. The van der Waals surface area contributed by atoms with Gasteiger partial charge in [-0.25, -0.2) is 4.57 Å². The average Bonchev–Trinajstić information content (AvgIpc) is 1.82. The van der Waals surface area contributed by atoms with Crippen molar-refractivity contribution < 1.29 is 29.1 Å². The molecule has 6 nitrogen and oxygen atoms in total. The highest BCUT2D eigenvalue weighted by Gasteiger charge is 2.25.